The second-order valence-electron chi connectivity index (χ2n) is 3.98. The maximum absolute atomic E-state index is 12.8. The third kappa shape index (κ3) is 3.26. The first kappa shape index (κ1) is 13.9. The monoisotopic (exact) mass is 281 g/mol. The minimum Gasteiger partial charge on any atom is -0.384 e. The molecule has 0 atom stereocenters. The first-order valence-electron chi connectivity index (χ1n) is 5.70. The van der Waals surface area contributed by atoms with Gasteiger partial charge in [0, 0.05) is 18.7 Å². The van der Waals surface area contributed by atoms with Crippen LogP contribution < -0.4 is 5.32 Å². The summed E-state index contributed by atoms with van der Waals surface area (Å²) in [4.78, 5) is 3.87. The molecule has 2 rings (SSSR count). The van der Waals surface area contributed by atoms with E-state index in [1.54, 1.807) is 0 Å². The highest BCUT2D eigenvalue weighted by atomic mass is 19.4. The molecule has 0 bridgehead atoms. The molecule has 0 aliphatic heterocycles. The van der Waals surface area contributed by atoms with Gasteiger partial charge in [-0.05, 0) is 18.2 Å². The molecule has 0 unspecified atom stereocenters. The SMILES string of the molecule is N#Cc1ccc(C(F)(F)F)c(NCCc2ncn[nH]2)c1. The summed E-state index contributed by atoms with van der Waals surface area (Å²) < 4.78 is 38.5. The average molecular weight is 281 g/mol. The summed E-state index contributed by atoms with van der Waals surface area (Å²) in [5, 5.41) is 17.7. The van der Waals surface area contributed by atoms with Gasteiger partial charge in [-0.1, -0.05) is 0 Å². The smallest absolute Gasteiger partial charge is 0.384 e. The topological polar surface area (TPSA) is 77.4 Å². The van der Waals surface area contributed by atoms with Crippen LogP contribution in [0.15, 0.2) is 24.5 Å². The number of nitrogens with zero attached hydrogens (tertiary/aromatic N) is 3. The molecule has 0 amide bonds. The summed E-state index contributed by atoms with van der Waals surface area (Å²) in [6, 6.07) is 5.04. The van der Waals surface area contributed by atoms with E-state index in [0.717, 1.165) is 12.1 Å². The zero-order valence-electron chi connectivity index (χ0n) is 10.2. The van der Waals surface area contributed by atoms with Crippen molar-refractivity contribution < 1.29 is 13.2 Å². The second kappa shape index (κ2) is 5.61. The predicted octanol–water partition coefficient (Wildman–Crippen LogP) is 2.35. The number of nitrogens with one attached hydrogen (secondary N) is 2. The van der Waals surface area contributed by atoms with Crippen molar-refractivity contribution in [3.05, 3.63) is 41.5 Å². The highest BCUT2D eigenvalue weighted by molar-refractivity contribution is 5.57. The van der Waals surface area contributed by atoms with Crippen LogP contribution in [0.3, 0.4) is 0 Å². The molecule has 0 aliphatic carbocycles. The summed E-state index contributed by atoms with van der Waals surface area (Å²) in [6.45, 7) is 0.243. The van der Waals surface area contributed by atoms with Crippen molar-refractivity contribution in [3.63, 3.8) is 0 Å². The van der Waals surface area contributed by atoms with E-state index in [-0.39, 0.29) is 17.8 Å². The Labute approximate surface area is 112 Å². The molecule has 2 N–H and O–H groups in total. The van der Waals surface area contributed by atoms with Crippen LogP contribution in [-0.4, -0.2) is 21.7 Å². The lowest BCUT2D eigenvalue weighted by molar-refractivity contribution is -0.136. The lowest BCUT2D eigenvalue weighted by Gasteiger charge is -2.14. The van der Waals surface area contributed by atoms with Crippen molar-refractivity contribution in [2.75, 3.05) is 11.9 Å². The Morgan fingerprint density at radius 1 is 1.35 bits per heavy atom. The third-order valence-corrected chi connectivity index (χ3v) is 2.60. The number of H-pyrrole nitrogens is 1. The summed E-state index contributed by atoms with van der Waals surface area (Å²) in [5.74, 6) is 0.572. The molecule has 20 heavy (non-hydrogen) atoms. The van der Waals surface area contributed by atoms with Gasteiger partial charge in [-0.2, -0.15) is 23.5 Å². The third-order valence-electron chi connectivity index (χ3n) is 2.60. The number of alkyl halides is 3. The van der Waals surface area contributed by atoms with E-state index in [1.165, 1.54) is 12.4 Å². The number of nitriles is 1. The molecule has 2 aromatic rings. The fourth-order valence-electron chi connectivity index (χ4n) is 1.67. The van der Waals surface area contributed by atoms with Gasteiger partial charge in [-0.25, -0.2) is 4.98 Å². The van der Waals surface area contributed by atoms with E-state index in [0.29, 0.717) is 12.2 Å². The van der Waals surface area contributed by atoms with Gasteiger partial charge < -0.3 is 5.32 Å². The highest BCUT2D eigenvalue weighted by Gasteiger charge is 2.33. The van der Waals surface area contributed by atoms with E-state index in [9.17, 15) is 13.2 Å². The van der Waals surface area contributed by atoms with E-state index >= 15 is 0 Å². The number of hydrogen-bond donors (Lipinski definition) is 2. The Bertz CT molecular complexity index is 613. The standard InChI is InChI=1S/C12H10F3N5/c13-12(14,15)9-2-1-8(6-16)5-10(9)17-4-3-11-18-7-19-20-11/h1-2,5,7,17H,3-4H2,(H,18,19,20). The number of anilines is 1. The zero-order chi connectivity index (χ0) is 14.6. The van der Waals surface area contributed by atoms with Crippen LogP contribution in [-0.2, 0) is 12.6 Å². The Kier molecular flexibility index (Phi) is 3.89. The van der Waals surface area contributed by atoms with Gasteiger partial charge in [0.05, 0.1) is 17.2 Å². The van der Waals surface area contributed by atoms with Crippen molar-refractivity contribution in [1.29, 1.82) is 5.26 Å². The van der Waals surface area contributed by atoms with Crippen LogP contribution in [0, 0.1) is 11.3 Å². The van der Waals surface area contributed by atoms with E-state index in [2.05, 4.69) is 20.5 Å². The first-order valence-corrected chi connectivity index (χ1v) is 5.70. The van der Waals surface area contributed by atoms with Gasteiger partial charge in [0.25, 0.3) is 0 Å². The fraction of sp³-hybridized carbons (Fsp3) is 0.250. The zero-order valence-corrected chi connectivity index (χ0v) is 10.2. The van der Waals surface area contributed by atoms with Crippen LogP contribution in [0.4, 0.5) is 18.9 Å². The maximum Gasteiger partial charge on any atom is 0.418 e. The molecular formula is C12H10F3N5. The lowest BCUT2D eigenvalue weighted by Crippen LogP contribution is -2.13. The molecule has 0 saturated heterocycles. The number of benzene rings is 1. The molecule has 104 valence electrons. The van der Waals surface area contributed by atoms with Crippen molar-refractivity contribution in [1.82, 2.24) is 15.2 Å². The van der Waals surface area contributed by atoms with Crippen LogP contribution in [0.1, 0.15) is 17.0 Å². The predicted molar refractivity (Wildman–Crippen MR) is 64.7 cm³/mol. The molecule has 0 aliphatic rings. The molecule has 0 fully saturated rings. The minimum atomic E-state index is -4.47. The van der Waals surface area contributed by atoms with Gasteiger partial charge in [0.15, 0.2) is 0 Å². The Morgan fingerprint density at radius 3 is 2.75 bits per heavy atom. The van der Waals surface area contributed by atoms with Crippen molar-refractivity contribution in [2.45, 2.75) is 12.6 Å². The first-order chi connectivity index (χ1) is 9.50. The van der Waals surface area contributed by atoms with Crippen molar-refractivity contribution in [3.8, 4) is 6.07 Å². The number of halogens is 3. The molecule has 0 saturated carbocycles. The second-order valence-corrected chi connectivity index (χ2v) is 3.98. The number of aromatic nitrogens is 3. The Morgan fingerprint density at radius 2 is 2.15 bits per heavy atom. The number of hydrogen-bond acceptors (Lipinski definition) is 4. The Hall–Kier alpha value is -2.56. The maximum atomic E-state index is 12.8. The van der Waals surface area contributed by atoms with Gasteiger partial charge in [0.1, 0.15) is 12.2 Å². The van der Waals surface area contributed by atoms with E-state index < -0.39 is 11.7 Å². The van der Waals surface area contributed by atoms with E-state index in [1.807, 2.05) is 6.07 Å². The molecule has 1 aromatic heterocycles. The molecular weight excluding hydrogens is 271 g/mol. The average Bonchev–Trinajstić information content (AvgIpc) is 2.90. The lowest BCUT2D eigenvalue weighted by atomic mass is 10.1. The molecule has 5 nitrogen and oxygen atoms in total. The molecule has 1 heterocycles. The van der Waals surface area contributed by atoms with Gasteiger partial charge in [0.2, 0.25) is 0 Å². The quantitative estimate of drug-likeness (QED) is 0.901. The van der Waals surface area contributed by atoms with Crippen LogP contribution in [0.2, 0.25) is 0 Å². The number of rotatable bonds is 4. The fourth-order valence-corrected chi connectivity index (χ4v) is 1.67. The normalized spacial score (nSPS) is 11.1. The van der Waals surface area contributed by atoms with E-state index in [4.69, 9.17) is 5.26 Å². The molecule has 8 heteroatoms. The minimum absolute atomic E-state index is 0.115. The molecule has 0 radical (unpaired) electrons. The van der Waals surface area contributed by atoms with Gasteiger partial charge in [-0.3, -0.25) is 5.10 Å². The molecule has 0 spiro atoms. The summed E-state index contributed by atoms with van der Waals surface area (Å²) in [5.41, 5.74) is -0.745. The summed E-state index contributed by atoms with van der Waals surface area (Å²) >= 11 is 0. The number of aromatic amines is 1. The molecule has 1 aromatic carbocycles. The van der Waals surface area contributed by atoms with Gasteiger partial charge in [-0.15, -0.1) is 0 Å². The van der Waals surface area contributed by atoms with Gasteiger partial charge >= 0.3 is 6.18 Å². The largest absolute Gasteiger partial charge is 0.418 e. The Balaban J connectivity index is 2.14. The van der Waals surface area contributed by atoms with Crippen LogP contribution in [0.25, 0.3) is 0 Å². The van der Waals surface area contributed by atoms with Crippen molar-refractivity contribution in [2.24, 2.45) is 0 Å². The van der Waals surface area contributed by atoms with Crippen LogP contribution in [0.5, 0.6) is 0 Å². The highest BCUT2D eigenvalue weighted by Crippen LogP contribution is 2.35. The van der Waals surface area contributed by atoms with Crippen LogP contribution >= 0.6 is 0 Å². The summed E-state index contributed by atoms with van der Waals surface area (Å²) in [6.07, 6.45) is -2.75. The van der Waals surface area contributed by atoms with Crippen molar-refractivity contribution >= 4 is 5.69 Å². The summed E-state index contributed by atoms with van der Waals surface area (Å²) in [7, 11) is 0.